The molecule has 3 nitrogen and oxygen atoms in total. The minimum atomic E-state index is -2.74. The first-order valence-electron chi connectivity index (χ1n) is 15.6. The number of benzene rings is 2. The van der Waals surface area contributed by atoms with E-state index in [2.05, 4.69) is 173 Å². The second-order valence-electron chi connectivity index (χ2n) is 16.7. The van der Waals surface area contributed by atoms with E-state index in [1.165, 1.54) is 10.4 Å². The fourth-order valence-electron chi connectivity index (χ4n) is 5.24. The van der Waals surface area contributed by atoms with Gasteiger partial charge in [-0.15, -0.1) is 5.54 Å². The van der Waals surface area contributed by atoms with E-state index in [1.54, 1.807) is 0 Å². The summed E-state index contributed by atoms with van der Waals surface area (Å²) in [5, 5.41) is 2.55. The molecule has 7 heteroatoms. The molecule has 0 fully saturated rings. The van der Waals surface area contributed by atoms with E-state index < -0.39 is 38.6 Å². The van der Waals surface area contributed by atoms with Gasteiger partial charge in [-0.2, -0.15) is 0 Å². The molecule has 0 unspecified atom stereocenters. The molecule has 0 aliphatic carbocycles. The van der Waals surface area contributed by atoms with Crippen LogP contribution in [-0.4, -0.2) is 51.3 Å². The average Bonchev–Trinajstić information content (AvgIpc) is 2.81. The maximum atomic E-state index is 7.47. The molecule has 0 N–H and O–H groups in total. The van der Waals surface area contributed by atoms with Crippen molar-refractivity contribution in [2.24, 2.45) is 0 Å². The fourth-order valence-corrected chi connectivity index (χ4v) is 13.3. The average molecular weight is 641 g/mol. The number of hydrogen-bond acceptors (Lipinski definition) is 3. The topological polar surface area (TPSA) is 27.7 Å². The highest BCUT2D eigenvalue weighted by Crippen LogP contribution is 2.40. The Morgan fingerprint density at radius 1 is 0.667 bits per heavy atom. The van der Waals surface area contributed by atoms with Gasteiger partial charge in [-0.05, 0) is 60.1 Å². The summed E-state index contributed by atoms with van der Waals surface area (Å²) in [7, 11) is -8.39. The third-order valence-electron chi connectivity index (χ3n) is 8.03. The summed E-state index contributed by atoms with van der Waals surface area (Å²) >= 11 is 0. The van der Waals surface area contributed by atoms with E-state index in [0.717, 1.165) is 0 Å². The van der Waals surface area contributed by atoms with E-state index in [9.17, 15) is 0 Å². The molecule has 0 radical (unpaired) electrons. The lowest BCUT2D eigenvalue weighted by atomic mass is 10.0. The van der Waals surface area contributed by atoms with E-state index >= 15 is 0 Å². The van der Waals surface area contributed by atoms with Crippen LogP contribution >= 0.6 is 0 Å². The first-order chi connectivity index (χ1) is 18.9. The summed E-state index contributed by atoms with van der Waals surface area (Å²) in [6.07, 6.45) is 0.473. The van der Waals surface area contributed by atoms with Crippen molar-refractivity contribution < 1.29 is 13.3 Å². The quantitative estimate of drug-likeness (QED) is 0.181. The van der Waals surface area contributed by atoms with Gasteiger partial charge >= 0.3 is 0 Å². The maximum absolute atomic E-state index is 7.47. The normalized spacial score (nSPS) is 15.9. The molecule has 2 aromatic carbocycles. The molecule has 0 saturated carbocycles. The Morgan fingerprint density at radius 3 is 1.48 bits per heavy atom. The lowest BCUT2D eigenvalue weighted by Crippen LogP contribution is -2.68. The van der Waals surface area contributed by atoms with Crippen molar-refractivity contribution in [2.45, 2.75) is 129 Å². The van der Waals surface area contributed by atoms with Gasteiger partial charge in [-0.3, -0.25) is 0 Å². The van der Waals surface area contributed by atoms with Crippen molar-refractivity contribution in [1.82, 2.24) is 0 Å². The molecular weight excluding hydrogens is 581 g/mol. The number of rotatable bonds is 11. The fraction of sp³-hybridized carbons (Fsp3) is 0.600. The second kappa shape index (κ2) is 13.4. The van der Waals surface area contributed by atoms with Crippen molar-refractivity contribution in [3.8, 4) is 11.5 Å². The van der Waals surface area contributed by atoms with Gasteiger partial charge in [0.05, 0.1) is 12.2 Å². The zero-order valence-corrected chi connectivity index (χ0v) is 33.5. The highest BCUT2D eigenvalue weighted by molar-refractivity contribution is 6.99. The summed E-state index contributed by atoms with van der Waals surface area (Å²) in [5.74, 6) is 3.64. The molecule has 0 spiro atoms. The first kappa shape index (κ1) is 36.9. The van der Waals surface area contributed by atoms with Gasteiger partial charge in [0.15, 0.2) is 16.6 Å². The number of hydrogen-bond donors (Lipinski definition) is 0. The van der Waals surface area contributed by atoms with Crippen LogP contribution < -0.4 is 10.4 Å². The van der Waals surface area contributed by atoms with Crippen LogP contribution in [0.5, 0.6) is 0 Å². The molecule has 0 saturated heterocycles. The van der Waals surface area contributed by atoms with Gasteiger partial charge in [0.25, 0.3) is 8.32 Å². The van der Waals surface area contributed by atoms with Gasteiger partial charge in [0, 0.05) is 6.42 Å². The molecule has 2 rings (SSSR count). The molecule has 0 aliphatic rings. The Morgan fingerprint density at radius 2 is 1.12 bits per heavy atom. The van der Waals surface area contributed by atoms with Crippen molar-refractivity contribution in [3.05, 3.63) is 60.7 Å². The van der Waals surface area contributed by atoms with Crippen LogP contribution in [0.1, 0.15) is 54.9 Å². The smallest absolute Gasteiger partial charge is 0.261 e. The van der Waals surface area contributed by atoms with Crippen LogP contribution in [0, 0.1) is 11.5 Å². The summed E-state index contributed by atoms with van der Waals surface area (Å²) < 4.78 is 21.6. The van der Waals surface area contributed by atoms with Gasteiger partial charge in [0.2, 0.25) is 0 Å². The molecular formula is C35H60O3Si4. The zero-order chi connectivity index (χ0) is 32.3. The summed E-state index contributed by atoms with van der Waals surface area (Å²) in [6, 6.07) is 21.8. The lowest BCUT2D eigenvalue weighted by Gasteiger charge is -2.47. The lowest BCUT2D eigenvalue weighted by molar-refractivity contribution is -0.00378. The molecule has 2 aromatic rings. The highest BCUT2D eigenvalue weighted by Gasteiger charge is 2.52. The SMILES string of the molecule is CC(C)(C)[Si](C)(C)O[C@@H](C#C[Si](C)(C)C)C[C@@](C)(CO[Si](c1ccccc1)(c1ccccc1)C(C)(C)C)O[Si](C)(C)C. The Labute approximate surface area is 263 Å². The molecule has 0 heterocycles. The summed E-state index contributed by atoms with van der Waals surface area (Å²) in [5.41, 5.74) is 3.08. The summed E-state index contributed by atoms with van der Waals surface area (Å²) in [4.78, 5) is 0. The molecule has 0 amide bonds. The highest BCUT2D eigenvalue weighted by atomic mass is 28.4. The van der Waals surface area contributed by atoms with Crippen LogP contribution in [0.2, 0.25) is 62.5 Å². The Bertz CT molecular complexity index is 1150. The molecule has 0 aromatic heterocycles. The molecule has 42 heavy (non-hydrogen) atoms. The Hall–Kier alpha value is -1.25. The van der Waals surface area contributed by atoms with Crippen molar-refractivity contribution in [3.63, 3.8) is 0 Å². The van der Waals surface area contributed by atoms with Crippen LogP contribution in [0.3, 0.4) is 0 Å². The van der Waals surface area contributed by atoms with Crippen molar-refractivity contribution >= 4 is 43.4 Å². The standard InChI is InChI=1S/C35H60O3Si4/c1-33(2,3)41(14,15)37-30(26-27-39(8,9)10)28-35(7,38-40(11,12)13)29-36-42(34(4,5)6,31-22-18-16-19-23-31)32-24-20-17-21-25-32/h16-25,30H,28-29H2,1-15H3/t30-,35-/m0/s1. The van der Waals surface area contributed by atoms with Gasteiger partial charge in [0.1, 0.15) is 14.2 Å². The predicted molar refractivity (Wildman–Crippen MR) is 194 cm³/mol. The van der Waals surface area contributed by atoms with Crippen molar-refractivity contribution in [2.75, 3.05) is 6.61 Å². The molecule has 234 valence electrons. The van der Waals surface area contributed by atoms with Gasteiger partial charge < -0.3 is 13.3 Å². The van der Waals surface area contributed by atoms with Crippen molar-refractivity contribution in [1.29, 1.82) is 0 Å². The second-order valence-corrected chi connectivity index (χ2v) is 34.9. The summed E-state index contributed by atoms with van der Waals surface area (Å²) in [6.45, 7) is 35.0. The predicted octanol–water partition coefficient (Wildman–Crippen LogP) is 8.83. The third-order valence-corrected chi connectivity index (χ3v) is 19.5. The minimum Gasteiger partial charge on any atom is -0.410 e. The van der Waals surface area contributed by atoms with E-state index in [0.29, 0.717) is 13.0 Å². The Balaban J connectivity index is 2.67. The monoisotopic (exact) mass is 640 g/mol. The third kappa shape index (κ3) is 10.2. The van der Waals surface area contributed by atoms with E-state index in [-0.39, 0.29) is 16.2 Å². The Kier molecular flexibility index (Phi) is 11.8. The van der Waals surface area contributed by atoms with Crippen LogP contribution in [0.25, 0.3) is 0 Å². The molecule has 0 bridgehead atoms. The van der Waals surface area contributed by atoms with E-state index in [1.807, 2.05) is 0 Å². The largest absolute Gasteiger partial charge is 0.410 e. The van der Waals surface area contributed by atoms with Crippen LogP contribution in [0.4, 0.5) is 0 Å². The molecule has 0 aliphatic heterocycles. The zero-order valence-electron chi connectivity index (χ0n) is 29.5. The van der Waals surface area contributed by atoms with Gasteiger partial charge in [-0.1, -0.05) is 128 Å². The molecule has 2 atom stereocenters. The van der Waals surface area contributed by atoms with E-state index in [4.69, 9.17) is 13.3 Å². The van der Waals surface area contributed by atoms with Crippen LogP contribution in [-0.2, 0) is 13.3 Å². The maximum Gasteiger partial charge on any atom is 0.261 e. The van der Waals surface area contributed by atoms with Gasteiger partial charge in [-0.25, -0.2) is 0 Å². The van der Waals surface area contributed by atoms with Crippen LogP contribution in [0.15, 0.2) is 60.7 Å². The minimum absolute atomic E-state index is 0.0908. The first-order valence-corrected chi connectivity index (χ1v) is 27.3.